The normalized spacial score (nSPS) is 14.1. The summed E-state index contributed by atoms with van der Waals surface area (Å²) in [5.74, 6) is 1.77. The molecule has 0 unspecified atom stereocenters. The van der Waals surface area contributed by atoms with E-state index < -0.39 is 0 Å². The molecular formula is C20H24N4OS. The number of nitrogens with zero attached hydrogens (tertiary/aromatic N) is 4. The van der Waals surface area contributed by atoms with Crippen LogP contribution in [0.4, 0.5) is 0 Å². The standard InChI is InChI=1S/C20H24N4OS/c1-3-11-23(20(25)17-9-6-14(2)26-17)13-18-22-16-5-4-10-21-19(16)24(18)12-15-7-8-15/h4-6,9-10,15H,3,7-8,11-13H2,1-2H3. The Morgan fingerprint density at radius 2 is 2.19 bits per heavy atom. The second kappa shape index (κ2) is 7.19. The van der Waals surface area contributed by atoms with Crippen LogP contribution in [0, 0.1) is 12.8 Å². The van der Waals surface area contributed by atoms with Crippen LogP contribution in [0.3, 0.4) is 0 Å². The smallest absolute Gasteiger partial charge is 0.264 e. The second-order valence-corrected chi connectivity index (χ2v) is 8.35. The third-order valence-electron chi connectivity index (χ3n) is 4.78. The SMILES string of the molecule is CCCN(Cc1nc2cccnc2n1CC1CC1)C(=O)c1ccc(C)s1. The number of rotatable bonds is 7. The number of amides is 1. The summed E-state index contributed by atoms with van der Waals surface area (Å²) >= 11 is 1.56. The number of aryl methyl sites for hydroxylation is 1. The average Bonchev–Trinajstić information content (AvgIpc) is 3.26. The van der Waals surface area contributed by atoms with Crippen LogP contribution in [0.2, 0.25) is 0 Å². The minimum Gasteiger partial charge on any atom is -0.330 e. The van der Waals surface area contributed by atoms with E-state index in [0.29, 0.717) is 6.54 Å². The van der Waals surface area contributed by atoms with Crippen molar-refractivity contribution in [2.75, 3.05) is 6.54 Å². The summed E-state index contributed by atoms with van der Waals surface area (Å²) < 4.78 is 2.22. The Bertz CT molecular complexity index is 925. The number of pyridine rings is 1. The number of thiophene rings is 1. The molecule has 5 nitrogen and oxygen atoms in total. The van der Waals surface area contributed by atoms with Gasteiger partial charge >= 0.3 is 0 Å². The van der Waals surface area contributed by atoms with Gasteiger partial charge in [-0.1, -0.05) is 6.92 Å². The van der Waals surface area contributed by atoms with Crippen LogP contribution in [0.25, 0.3) is 11.2 Å². The van der Waals surface area contributed by atoms with Gasteiger partial charge in [0.15, 0.2) is 5.65 Å². The van der Waals surface area contributed by atoms with Crippen molar-refractivity contribution < 1.29 is 4.79 Å². The Morgan fingerprint density at radius 1 is 1.35 bits per heavy atom. The molecule has 0 aromatic carbocycles. The number of carbonyl (C=O) groups is 1. The number of aromatic nitrogens is 3. The minimum atomic E-state index is 0.0999. The molecule has 0 atom stereocenters. The molecule has 1 aliphatic carbocycles. The van der Waals surface area contributed by atoms with E-state index in [-0.39, 0.29) is 5.91 Å². The molecule has 4 rings (SSSR count). The van der Waals surface area contributed by atoms with Crippen LogP contribution in [0.5, 0.6) is 0 Å². The first-order valence-electron chi connectivity index (χ1n) is 9.31. The summed E-state index contributed by atoms with van der Waals surface area (Å²) in [6.07, 6.45) is 5.30. The van der Waals surface area contributed by atoms with Crippen LogP contribution < -0.4 is 0 Å². The molecule has 1 saturated carbocycles. The monoisotopic (exact) mass is 368 g/mol. The first-order valence-corrected chi connectivity index (χ1v) is 10.1. The molecule has 0 aliphatic heterocycles. The third-order valence-corrected chi connectivity index (χ3v) is 5.77. The van der Waals surface area contributed by atoms with Gasteiger partial charge in [-0.3, -0.25) is 4.79 Å². The fourth-order valence-corrected chi connectivity index (χ4v) is 4.11. The van der Waals surface area contributed by atoms with Crippen LogP contribution >= 0.6 is 11.3 Å². The predicted molar refractivity (Wildman–Crippen MR) is 104 cm³/mol. The average molecular weight is 369 g/mol. The summed E-state index contributed by atoms with van der Waals surface area (Å²) in [7, 11) is 0. The van der Waals surface area contributed by atoms with Gasteiger partial charge in [0, 0.05) is 24.2 Å². The van der Waals surface area contributed by atoms with Gasteiger partial charge in [-0.2, -0.15) is 0 Å². The van der Waals surface area contributed by atoms with Crippen LogP contribution in [0.1, 0.15) is 46.6 Å². The van der Waals surface area contributed by atoms with E-state index in [1.807, 2.05) is 42.3 Å². The number of hydrogen-bond donors (Lipinski definition) is 0. The van der Waals surface area contributed by atoms with E-state index in [1.54, 1.807) is 11.3 Å². The van der Waals surface area contributed by atoms with Crippen molar-refractivity contribution in [3.63, 3.8) is 0 Å². The molecular weight excluding hydrogens is 344 g/mol. The summed E-state index contributed by atoms with van der Waals surface area (Å²) in [6, 6.07) is 7.86. The third kappa shape index (κ3) is 3.51. The zero-order chi connectivity index (χ0) is 18.1. The van der Waals surface area contributed by atoms with E-state index in [9.17, 15) is 4.79 Å². The van der Waals surface area contributed by atoms with Gasteiger partial charge in [-0.15, -0.1) is 11.3 Å². The van der Waals surface area contributed by atoms with Gasteiger partial charge < -0.3 is 9.47 Å². The summed E-state index contributed by atoms with van der Waals surface area (Å²) in [6.45, 7) is 6.36. The lowest BCUT2D eigenvalue weighted by molar-refractivity contribution is 0.0742. The second-order valence-electron chi connectivity index (χ2n) is 7.07. The Kier molecular flexibility index (Phi) is 4.76. The van der Waals surface area contributed by atoms with Crippen molar-refractivity contribution in [3.8, 4) is 0 Å². The predicted octanol–water partition coefficient (Wildman–Crippen LogP) is 4.26. The van der Waals surface area contributed by atoms with Gasteiger partial charge in [0.25, 0.3) is 5.91 Å². The largest absolute Gasteiger partial charge is 0.330 e. The van der Waals surface area contributed by atoms with Crippen molar-refractivity contribution in [2.45, 2.75) is 46.2 Å². The molecule has 1 aliphatic rings. The topological polar surface area (TPSA) is 51.0 Å². The van der Waals surface area contributed by atoms with E-state index in [0.717, 1.165) is 52.2 Å². The van der Waals surface area contributed by atoms with Crippen molar-refractivity contribution in [3.05, 3.63) is 46.0 Å². The van der Waals surface area contributed by atoms with Crippen LogP contribution in [-0.4, -0.2) is 31.9 Å². The van der Waals surface area contributed by atoms with E-state index in [1.165, 1.54) is 12.8 Å². The molecule has 0 radical (unpaired) electrons. The van der Waals surface area contributed by atoms with Crippen molar-refractivity contribution in [1.29, 1.82) is 0 Å². The molecule has 0 spiro atoms. The fraction of sp³-hybridized carbons (Fsp3) is 0.450. The highest BCUT2D eigenvalue weighted by atomic mass is 32.1. The highest BCUT2D eigenvalue weighted by molar-refractivity contribution is 7.13. The molecule has 3 aromatic heterocycles. The molecule has 0 bridgehead atoms. The molecule has 136 valence electrons. The minimum absolute atomic E-state index is 0.0999. The lowest BCUT2D eigenvalue weighted by Gasteiger charge is -2.21. The van der Waals surface area contributed by atoms with E-state index >= 15 is 0 Å². The van der Waals surface area contributed by atoms with E-state index in [2.05, 4.69) is 16.5 Å². The summed E-state index contributed by atoms with van der Waals surface area (Å²) in [5.41, 5.74) is 1.85. The first kappa shape index (κ1) is 17.2. The van der Waals surface area contributed by atoms with Crippen molar-refractivity contribution in [2.24, 2.45) is 5.92 Å². The number of fused-ring (bicyclic) bond motifs is 1. The zero-order valence-corrected chi connectivity index (χ0v) is 16.1. The maximum Gasteiger partial charge on any atom is 0.264 e. The molecule has 3 aromatic rings. The quantitative estimate of drug-likeness (QED) is 0.626. The van der Waals surface area contributed by atoms with Gasteiger partial charge in [0.2, 0.25) is 0 Å². The van der Waals surface area contributed by atoms with Crippen LogP contribution in [-0.2, 0) is 13.1 Å². The molecule has 3 heterocycles. The highest BCUT2D eigenvalue weighted by Gasteiger charge is 2.26. The van der Waals surface area contributed by atoms with Gasteiger partial charge in [0.05, 0.1) is 11.4 Å². The first-order chi connectivity index (χ1) is 12.7. The summed E-state index contributed by atoms with van der Waals surface area (Å²) in [5, 5.41) is 0. The molecule has 0 saturated heterocycles. The van der Waals surface area contributed by atoms with Crippen LogP contribution in [0.15, 0.2) is 30.5 Å². The number of imidazole rings is 1. The Labute approximate surface area is 157 Å². The fourth-order valence-electron chi connectivity index (χ4n) is 3.27. The Morgan fingerprint density at radius 3 is 2.88 bits per heavy atom. The lowest BCUT2D eigenvalue weighted by atomic mass is 10.3. The summed E-state index contributed by atoms with van der Waals surface area (Å²) in [4.78, 5) is 26.2. The molecule has 6 heteroatoms. The highest BCUT2D eigenvalue weighted by Crippen LogP contribution is 2.32. The van der Waals surface area contributed by atoms with E-state index in [4.69, 9.17) is 4.98 Å². The molecule has 1 amide bonds. The maximum absolute atomic E-state index is 13.0. The Balaban J connectivity index is 1.65. The van der Waals surface area contributed by atoms with Gasteiger partial charge in [0.1, 0.15) is 11.3 Å². The number of hydrogen-bond acceptors (Lipinski definition) is 4. The lowest BCUT2D eigenvalue weighted by Crippen LogP contribution is -2.32. The van der Waals surface area contributed by atoms with Crippen molar-refractivity contribution >= 4 is 28.4 Å². The van der Waals surface area contributed by atoms with Gasteiger partial charge in [-0.05, 0) is 56.4 Å². The molecule has 26 heavy (non-hydrogen) atoms. The Hall–Kier alpha value is -2.21. The molecule has 0 N–H and O–H groups in total. The zero-order valence-electron chi connectivity index (χ0n) is 15.3. The number of carbonyl (C=O) groups excluding carboxylic acids is 1. The maximum atomic E-state index is 13.0. The molecule has 1 fully saturated rings. The van der Waals surface area contributed by atoms with Crippen molar-refractivity contribution in [1.82, 2.24) is 19.4 Å². The van der Waals surface area contributed by atoms with Gasteiger partial charge in [-0.25, -0.2) is 9.97 Å².